The predicted octanol–water partition coefficient (Wildman–Crippen LogP) is 3.62. The van der Waals surface area contributed by atoms with Gasteiger partial charge in [0.05, 0.1) is 6.42 Å². The number of carbonyl (C=O) groups excluding carboxylic acids is 1. The lowest BCUT2D eigenvalue weighted by molar-refractivity contribution is -0.139. The van der Waals surface area contributed by atoms with Crippen molar-refractivity contribution < 1.29 is 14.7 Å². The Morgan fingerprint density at radius 2 is 1.77 bits per heavy atom. The minimum absolute atomic E-state index is 0.00887. The van der Waals surface area contributed by atoms with Crippen LogP contribution < -0.4 is 0 Å². The van der Waals surface area contributed by atoms with E-state index < -0.39 is 5.97 Å². The van der Waals surface area contributed by atoms with Crippen molar-refractivity contribution in [3.8, 4) is 0 Å². The molecule has 5 heteroatoms. The number of hydrogen-bond donors (Lipinski definition) is 1. The highest BCUT2D eigenvalue weighted by molar-refractivity contribution is 6.30. The van der Waals surface area contributed by atoms with E-state index in [1.165, 1.54) is 0 Å². The lowest BCUT2D eigenvalue weighted by atomic mass is 9.97. The molecule has 1 aromatic rings. The number of carbonyl (C=O) groups is 2. The maximum Gasteiger partial charge on any atom is 0.305 e. The molecule has 0 aliphatic heterocycles. The Balaban J connectivity index is 2.56. The fourth-order valence-electron chi connectivity index (χ4n) is 2.40. The molecule has 0 bridgehead atoms. The number of carboxylic acids is 1. The Kier molecular flexibility index (Phi) is 7.39. The first-order chi connectivity index (χ1) is 10.3. The smallest absolute Gasteiger partial charge is 0.305 e. The van der Waals surface area contributed by atoms with Crippen LogP contribution in [0, 0.1) is 5.92 Å². The summed E-state index contributed by atoms with van der Waals surface area (Å²) in [6.45, 7) is 6.11. The lowest BCUT2D eigenvalue weighted by Gasteiger charge is -2.27. The van der Waals surface area contributed by atoms with Crippen LogP contribution in [0.15, 0.2) is 24.3 Å². The summed E-state index contributed by atoms with van der Waals surface area (Å²) in [6.07, 6.45) is 1.20. The highest BCUT2D eigenvalue weighted by Crippen LogP contribution is 2.17. The summed E-state index contributed by atoms with van der Waals surface area (Å²) in [5.41, 5.74) is 1.14. The molecule has 22 heavy (non-hydrogen) atoms. The number of benzene rings is 1. The van der Waals surface area contributed by atoms with E-state index in [0.717, 1.165) is 12.0 Å². The van der Waals surface area contributed by atoms with E-state index >= 15 is 0 Å². The fourth-order valence-corrected chi connectivity index (χ4v) is 2.52. The molecule has 0 spiro atoms. The van der Waals surface area contributed by atoms with Gasteiger partial charge in [-0.25, -0.2) is 0 Å². The Hall–Kier alpha value is -1.55. The predicted molar refractivity (Wildman–Crippen MR) is 88.0 cm³/mol. The van der Waals surface area contributed by atoms with Crippen LogP contribution in [0.5, 0.6) is 0 Å². The van der Waals surface area contributed by atoms with Crippen LogP contribution in [0.25, 0.3) is 0 Å². The van der Waals surface area contributed by atoms with Crippen LogP contribution in [0.1, 0.15) is 39.2 Å². The van der Waals surface area contributed by atoms with Gasteiger partial charge in [0.15, 0.2) is 0 Å². The van der Waals surface area contributed by atoms with Crippen molar-refractivity contribution in [3.05, 3.63) is 34.9 Å². The molecule has 1 rings (SSSR count). The van der Waals surface area contributed by atoms with Crippen molar-refractivity contribution in [1.82, 2.24) is 4.90 Å². The minimum Gasteiger partial charge on any atom is -0.481 e. The van der Waals surface area contributed by atoms with E-state index in [1.54, 1.807) is 4.90 Å². The Bertz CT molecular complexity index is 499. The van der Waals surface area contributed by atoms with Gasteiger partial charge in [0, 0.05) is 24.0 Å². The molecule has 0 saturated carbocycles. The monoisotopic (exact) mass is 325 g/mol. The van der Waals surface area contributed by atoms with Crippen molar-refractivity contribution >= 4 is 23.5 Å². The zero-order chi connectivity index (χ0) is 16.7. The van der Waals surface area contributed by atoms with Gasteiger partial charge in [0.1, 0.15) is 0 Å². The third kappa shape index (κ3) is 6.48. The maximum atomic E-state index is 12.4. The van der Waals surface area contributed by atoms with E-state index in [2.05, 4.69) is 0 Å². The van der Waals surface area contributed by atoms with E-state index in [4.69, 9.17) is 16.7 Å². The molecule has 0 aliphatic carbocycles. The van der Waals surface area contributed by atoms with Crippen molar-refractivity contribution in [2.24, 2.45) is 5.92 Å². The quantitative estimate of drug-likeness (QED) is 0.794. The van der Waals surface area contributed by atoms with E-state index in [1.807, 2.05) is 45.0 Å². The summed E-state index contributed by atoms with van der Waals surface area (Å²) in [5, 5.41) is 9.48. The second-order valence-corrected chi connectivity index (χ2v) is 6.40. The average Bonchev–Trinajstić information content (AvgIpc) is 2.40. The summed E-state index contributed by atoms with van der Waals surface area (Å²) in [5.74, 6) is -0.676. The van der Waals surface area contributed by atoms with Crippen LogP contribution in [-0.4, -0.2) is 34.5 Å². The molecule has 4 nitrogen and oxygen atoms in total. The molecular formula is C17H24ClNO3. The molecule has 1 unspecified atom stereocenters. The van der Waals surface area contributed by atoms with Gasteiger partial charge in [0.2, 0.25) is 5.91 Å². The molecule has 1 aromatic carbocycles. The summed E-state index contributed by atoms with van der Waals surface area (Å²) >= 11 is 5.86. The van der Waals surface area contributed by atoms with Crippen LogP contribution in [0.4, 0.5) is 0 Å². The molecule has 1 atom stereocenters. The normalized spacial score (nSPS) is 12.2. The Morgan fingerprint density at radius 1 is 1.18 bits per heavy atom. The van der Waals surface area contributed by atoms with Gasteiger partial charge in [-0.05, 0) is 43.9 Å². The molecule has 0 saturated heterocycles. The van der Waals surface area contributed by atoms with Crippen molar-refractivity contribution in [2.75, 3.05) is 6.54 Å². The van der Waals surface area contributed by atoms with Crippen LogP contribution in [0.2, 0.25) is 5.02 Å². The van der Waals surface area contributed by atoms with E-state index in [9.17, 15) is 9.59 Å². The third-order valence-electron chi connectivity index (χ3n) is 3.53. The molecule has 1 N–H and O–H groups in total. The zero-order valence-electron chi connectivity index (χ0n) is 13.4. The summed E-state index contributed by atoms with van der Waals surface area (Å²) in [6, 6.07) is 7.63. The first-order valence-electron chi connectivity index (χ1n) is 7.55. The van der Waals surface area contributed by atoms with Gasteiger partial charge in [-0.3, -0.25) is 9.59 Å². The highest BCUT2D eigenvalue weighted by Gasteiger charge is 2.20. The Labute approximate surface area is 137 Å². The van der Waals surface area contributed by atoms with E-state index in [0.29, 0.717) is 11.4 Å². The second kappa shape index (κ2) is 8.79. The van der Waals surface area contributed by atoms with Gasteiger partial charge in [0.25, 0.3) is 0 Å². The van der Waals surface area contributed by atoms with Gasteiger partial charge in [-0.15, -0.1) is 0 Å². The molecule has 0 radical (unpaired) electrons. The largest absolute Gasteiger partial charge is 0.481 e. The van der Waals surface area contributed by atoms with Crippen LogP contribution in [-0.2, 0) is 16.0 Å². The first kappa shape index (κ1) is 18.5. The highest BCUT2D eigenvalue weighted by atomic mass is 35.5. The minimum atomic E-state index is -0.882. The topological polar surface area (TPSA) is 57.6 Å². The van der Waals surface area contributed by atoms with Crippen molar-refractivity contribution in [2.45, 2.75) is 46.1 Å². The molecule has 122 valence electrons. The number of carboxylic acid groups (broad SMARTS) is 1. The van der Waals surface area contributed by atoms with Gasteiger partial charge in [-0.2, -0.15) is 0 Å². The average molecular weight is 326 g/mol. The van der Waals surface area contributed by atoms with Crippen molar-refractivity contribution in [3.63, 3.8) is 0 Å². The van der Waals surface area contributed by atoms with Gasteiger partial charge < -0.3 is 10.0 Å². The van der Waals surface area contributed by atoms with E-state index in [-0.39, 0.29) is 30.8 Å². The molecule has 0 fully saturated rings. The number of amides is 1. The summed E-state index contributed by atoms with van der Waals surface area (Å²) in [7, 11) is 0. The number of halogens is 1. The second-order valence-electron chi connectivity index (χ2n) is 5.96. The fraction of sp³-hybridized carbons (Fsp3) is 0.529. The standard InChI is InChI=1S/C17H24ClNO3/c1-12(2)19(9-8-17(21)22)16(20)11-13(3)10-14-4-6-15(18)7-5-14/h4-7,12-13H,8-11H2,1-3H3,(H,21,22). The van der Waals surface area contributed by atoms with Gasteiger partial charge >= 0.3 is 5.97 Å². The summed E-state index contributed by atoms with van der Waals surface area (Å²) < 4.78 is 0. The molecule has 0 heterocycles. The third-order valence-corrected chi connectivity index (χ3v) is 3.78. The lowest BCUT2D eigenvalue weighted by Crippen LogP contribution is -2.39. The Morgan fingerprint density at radius 3 is 2.27 bits per heavy atom. The number of nitrogens with zero attached hydrogens (tertiary/aromatic N) is 1. The molecule has 1 amide bonds. The summed E-state index contributed by atoms with van der Waals surface area (Å²) in [4.78, 5) is 24.7. The van der Waals surface area contributed by atoms with Crippen LogP contribution >= 0.6 is 11.6 Å². The molecule has 0 aliphatic rings. The van der Waals surface area contributed by atoms with Crippen molar-refractivity contribution in [1.29, 1.82) is 0 Å². The number of aliphatic carboxylic acids is 1. The number of hydrogen-bond acceptors (Lipinski definition) is 2. The molecular weight excluding hydrogens is 302 g/mol. The van der Waals surface area contributed by atoms with Crippen LogP contribution in [0.3, 0.4) is 0 Å². The number of rotatable bonds is 8. The molecule has 0 aromatic heterocycles. The van der Waals surface area contributed by atoms with Gasteiger partial charge in [-0.1, -0.05) is 30.7 Å². The first-order valence-corrected chi connectivity index (χ1v) is 7.93. The SMILES string of the molecule is CC(CC(=O)N(CCC(=O)O)C(C)C)Cc1ccc(Cl)cc1. The maximum absolute atomic E-state index is 12.4. The zero-order valence-corrected chi connectivity index (χ0v) is 14.1.